The zero-order chi connectivity index (χ0) is 19.9. The van der Waals surface area contributed by atoms with E-state index in [1.54, 1.807) is 6.20 Å². The molecule has 4 rings (SSSR count). The number of aryl methyl sites for hydroxylation is 1. The average Bonchev–Trinajstić information content (AvgIpc) is 3.25. The lowest BCUT2D eigenvalue weighted by Crippen LogP contribution is -2.23. The number of hydrogen-bond donors (Lipinski definition) is 2. The number of anilines is 3. The minimum atomic E-state index is 0.597. The van der Waals surface area contributed by atoms with Gasteiger partial charge in [0.1, 0.15) is 5.82 Å². The lowest BCUT2D eigenvalue weighted by atomic mass is 10.0. The molecule has 1 aromatic heterocycles. The molecule has 0 radical (unpaired) electrons. The van der Waals surface area contributed by atoms with Crippen molar-refractivity contribution in [2.45, 2.75) is 13.3 Å². The average molecular weight is 386 g/mol. The molecular weight excluding hydrogens is 358 g/mol. The predicted octanol–water partition coefficient (Wildman–Crippen LogP) is 4.87. The first kappa shape index (κ1) is 19.2. The Morgan fingerprint density at radius 3 is 2.59 bits per heavy atom. The number of nitrogens with zero attached hydrogens (tertiary/aromatic N) is 3. The van der Waals surface area contributed by atoms with E-state index >= 15 is 0 Å². The highest BCUT2D eigenvalue weighted by Gasteiger charge is 2.06. The molecule has 0 fully saturated rings. The van der Waals surface area contributed by atoms with Gasteiger partial charge in [-0.3, -0.25) is 4.90 Å². The van der Waals surface area contributed by atoms with Gasteiger partial charge in [0, 0.05) is 38.1 Å². The van der Waals surface area contributed by atoms with Crippen molar-refractivity contribution in [3.05, 3.63) is 78.5 Å². The van der Waals surface area contributed by atoms with Gasteiger partial charge in [-0.25, -0.2) is 4.98 Å². The summed E-state index contributed by atoms with van der Waals surface area (Å²) in [6.07, 6.45) is 7.33. The molecule has 29 heavy (non-hydrogen) atoms. The van der Waals surface area contributed by atoms with Crippen LogP contribution in [-0.4, -0.2) is 41.0 Å². The van der Waals surface area contributed by atoms with E-state index in [4.69, 9.17) is 0 Å². The van der Waals surface area contributed by atoms with Crippen molar-refractivity contribution in [2.75, 3.05) is 36.8 Å². The van der Waals surface area contributed by atoms with E-state index in [1.165, 1.54) is 16.7 Å². The van der Waals surface area contributed by atoms with Crippen LogP contribution < -0.4 is 10.6 Å². The molecule has 0 saturated heterocycles. The molecule has 2 heterocycles. The standard InChI is InChI=1S/C24H27N5/c1-19-7-4-8-20(17-19)21-9-5-10-22(18-21)27-24-26-13-11-23(28-24)25-12-6-16-29-14-2-3-15-29/h2-5,7-11,13,17-18H,6,12,14-16H2,1H3,(H2,25,26,27,28). The van der Waals surface area contributed by atoms with Gasteiger partial charge in [0.2, 0.25) is 5.95 Å². The first-order chi connectivity index (χ1) is 14.3. The van der Waals surface area contributed by atoms with E-state index in [9.17, 15) is 0 Å². The molecule has 0 atom stereocenters. The van der Waals surface area contributed by atoms with Crippen molar-refractivity contribution in [3.63, 3.8) is 0 Å². The van der Waals surface area contributed by atoms with Crippen LogP contribution in [0.4, 0.5) is 17.5 Å². The minimum Gasteiger partial charge on any atom is -0.370 e. The largest absolute Gasteiger partial charge is 0.370 e. The Bertz CT molecular complexity index is 974. The molecule has 0 unspecified atom stereocenters. The third-order valence-electron chi connectivity index (χ3n) is 4.98. The molecule has 2 aromatic carbocycles. The minimum absolute atomic E-state index is 0.597. The molecule has 148 valence electrons. The summed E-state index contributed by atoms with van der Waals surface area (Å²) in [5.41, 5.74) is 4.61. The number of hydrogen-bond acceptors (Lipinski definition) is 5. The van der Waals surface area contributed by atoms with Crippen LogP contribution in [0.3, 0.4) is 0 Å². The third kappa shape index (κ3) is 5.42. The highest BCUT2D eigenvalue weighted by molar-refractivity contribution is 5.70. The maximum atomic E-state index is 4.59. The van der Waals surface area contributed by atoms with Gasteiger partial charge in [-0.2, -0.15) is 4.98 Å². The van der Waals surface area contributed by atoms with E-state index in [1.807, 2.05) is 12.1 Å². The first-order valence-corrected chi connectivity index (χ1v) is 10.1. The van der Waals surface area contributed by atoms with Gasteiger partial charge in [-0.15, -0.1) is 0 Å². The smallest absolute Gasteiger partial charge is 0.229 e. The van der Waals surface area contributed by atoms with Crippen molar-refractivity contribution < 1.29 is 0 Å². The second-order valence-electron chi connectivity index (χ2n) is 7.35. The second-order valence-corrected chi connectivity index (χ2v) is 7.35. The topological polar surface area (TPSA) is 53.1 Å². The number of aromatic nitrogens is 2. The van der Waals surface area contributed by atoms with E-state index in [-0.39, 0.29) is 0 Å². The second kappa shape index (κ2) is 9.34. The Morgan fingerprint density at radius 1 is 0.966 bits per heavy atom. The summed E-state index contributed by atoms with van der Waals surface area (Å²) in [6, 6.07) is 18.8. The fourth-order valence-electron chi connectivity index (χ4n) is 3.47. The molecule has 1 aliphatic heterocycles. The summed E-state index contributed by atoms with van der Waals surface area (Å²) >= 11 is 0. The molecule has 3 aromatic rings. The molecule has 0 aliphatic carbocycles. The maximum Gasteiger partial charge on any atom is 0.229 e. The van der Waals surface area contributed by atoms with Gasteiger partial charge in [-0.1, -0.05) is 54.1 Å². The summed E-state index contributed by atoms with van der Waals surface area (Å²) in [5.74, 6) is 1.44. The number of nitrogens with one attached hydrogen (secondary N) is 2. The summed E-state index contributed by atoms with van der Waals surface area (Å²) in [7, 11) is 0. The molecule has 1 aliphatic rings. The van der Waals surface area contributed by atoms with Gasteiger partial charge in [0.15, 0.2) is 0 Å². The lowest BCUT2D eigenvalue weighted by Gasteiger charge is -2.14. The van der Waals surface area contributed by atoms with Crippen molar-refractivity contribution in [1.29, 1.82) is 0 Å². The quantitative estimate of drug-likeness (QED) is 0.428. The first-order valence-electron chi connectivity index (χ1n) is 10.1. The van der Waals surface area contributed by atoms with Gasteiger partial charge >= 0.3 is 0 Å². The SMILES string of the molecule is Cc1cccc(-c2cccc(Nc3nccc(NCCCN4CC=CC4)n3)c2)c1. The van der Waals surface area contributed by atoms with Crippen LogP contribution >= 0.6 is 0 Å². The van der Waals surface area contributed by atoms with E-state index < -0.39 is 0 Å². The molecular formula is C24H27N5. The Balaban J connectivity index is 1.35. The predicted molar refractivity (Wildman–Crippen MR) is 121 cm³/mol. The normalized spacial score (nSPS) is 13.6. The van der Waals surface area contributed by atoms with Crippen LogP contribution in [-0.2, 0) is 0 Å². The summed E-state index contributed by atoms with van der Waals surface area (Å²) in [5, 5.41) is 6.73. The van der Waals surface area contributed by atoms with Gasteiger partial charge in [0.05, 0.1) is 0 Å². The molecule has 0 amide bonds. The van der Waals surface area contributed by atoms with Gasteiger partial charge in [0.25, 0.3) is 0 Å². The molecule has 5 nitrogen and oxygen atoms in total. The zero-order valence-electron chi connectivity index (χ0n) is 16.8. The Morgan fingerprint density at radius 2 is 1.76 bits per heavy atom. The van der Waals surface area contributed by atoms with E-state index in [0.29, 0.717) is 5.95 Å². The van der Waals surface area contributed by atoms with Crippen molar-refractivity contribution in [3.8, 4) is 11.1 Å². The highest BCUT2D eigenvalue weighted by atomic mass is 15.1. The van der Waals surface area contributed by atoms with Crippen LogP contribution in [0.2, 0.25) is 0 Å². The number of rotatable bonds is 8. The zero-order valence-corrected chi connectivity index (χ0v) is 16.8. The molecule has 0 saturated carbocycles. The summed E-state index contributed by atoms with van der Waals surface area (Å²) in [4.78, 5) is 11.4. The van der Waals surface area contributed by atoms with E-state index in [2.05, 4.69) is 87.0 Å². The maximum absolute atomic E-state index is 4.59. The monoisotopic (exact) mass is 385 g/mol. The van der Waals surface area contributed by atoms with Crippen LogP contribution in [0.1, 0.15) is 12.0 Å². The Hall–Kier alpha value is -3.18. The Kier molecular flexibility index (Phi) is 6.17. The number of benzene rings is 2. The molecule has 0 spiro atoms. The third-order valence-corrected chi connectivity index (χ3v) is 4.98. The molecule has 5 heteroatoms. The van der Waals surface area contributed by atoms with Crippen molar-refractivity contribution in [2.24, 2.45) is 0 Å². The summed E-state index contributed by atoms with van der Waals surface area (Å²) in [6.45, 7) is 6.25. The van der Waals surface area contributed by atoms with Crippen LogP contribution in [0, 0.1) is 6.92 Å². The van der Waals surface area contributed by atoms with Gasteiger partial charge in [-0.05, 0) is 42.7 Å². The van der Waals surface area contributed by atoms with Crippen molar-refractivity contribution in [1.82, 2.24) is 14.9 Å². The summed E-state index contributed by atoms with van der Waals surface area (Å²) < 4.78 is 0. The van der Waals surface area contributed by atoms with Crippen molar-refractivity contribution >= 4 is 17.5 Å². The molecule has 0 bridgehead atoms. The van der Waals surface area contributed by atoms with E-state index in [0.717, 1.165) is 44.1 Å². The van der Waals surface area contributed by atoms with Crippen LogP contribution in [0.5, 0.6) is 0 Å². The fourth-order valence-corrected chi connectivity index (χ4v) is 3.47. The van der Waals surface area contributed by atoms with Gasteiger partial charge < -0.3 is 10.6 Å². The highest BCUT2D eigenvalue weighted by Crippen LogP contribution is 2.24. The Labute approximate surface area is 172 Å². The molecule has 2 N–H and O–H groups in total. The van der Waals surface area contributed by atoms with Crippen LogP contribution in [0.15, 0.2) is 72.9 Å². The fraction of sp³-hybridized carbons (Fsp3) is 0.250. The lowest BCUT2D eigenvalue weighted by molar-refractivity contribution is 0.351. The van der Waals surface area contributed by atoms with Crippen LogP contribution in [0.25, 0.3) is 11.1 Å².